The third-order valence-corrected chi connectivity index (χ3v) is 3.76. The van der Waals surface area contributed by atoms with Crippen LogP contribution in [0.15, 0.2) is 22.8 Å². The van der Waals surface area contributed by atoms with Gasteiger partial charge >= 0.3 is 5.97 Å². The second-order valence-electron chi connectivity index (χ2n) is 4.84. The van der Waals surface area contributed by atoms with Crippen LogP contribution in [0.4, 0.5) is 0 Å². The number of aliphatic carboxylic acids is 1. The molecule has 1 aromatic rings. The molecule has 4 heteroatoms. The van der Waals surface area contributed by atoms with E-state index in [2.05, 4.69) is 11.8 Å². The first-order chi connectivity index (χ1) is 8.09. The molecule has 2 heterocycles. The average Bonchev–Trinajstić information content (AvgIpc) is 2.86. The maximum Gasteiger partial charge on any atom is 0.308 e. The van der Waals surface area contributed by atoms with Gasteiger partial charge < -0.3 is 9.52 Å². The highest BCUT2D eigenvalue weighted by molar-refractivity contribution is 5.71. The second kappa shape index (κ2) is 4.92. The van der Waals surface area contributed by atoms with E-state index in [1.807, 2.05) is 19.1 Å². The standard InChI is InChI=1S/C13H19NO3/c1-9(8-11-4-3-7-17-11)14-6-5-12(10(14)2)13(15)16/h3-4,7,9-10,12H,5-6,8H2,1-2H3,(H,15,16). The predicted octanol–water partition coefficient (Wildman–Crippen LogP) is 2.01. The summed E-state index contributed by atoms with van der Waals surface area (Å²) in [5, 5.41) is 9.09. The molecule has 1 aliphatic heterocycles. The van der Waals surface area contributed by atoms with Gasteiger partial charge in [0.15, 0.2) is 0 Å². The largest absolute Gasteiger partial charge is 0.481 e. The minimum absolute atomic E-state index is 0.109. The van der Waals surface area contributed by atoms with Gasteiger partial charge in [0.05, 0.1) is 12.2 Å². The van der Waals surface area contributed by atoms with E-state index in [9.17, 15) is 4.79 Å². The quantitative estimate of drug-likeness (QED) is 0.870. The summed E-state index contributed by atoms with van der Waals surface area (Å²) in [6, 6.07) is 4.28. The molecule has 0 bridgehead atoms. The van der Waals surface area contributed by atoms with Crippen molar-refractivity contribution in [1.82, 2.24) is 4.90 Å². The molecular weight excluding hydrogens is 218 g/mol. The summed E-state index contributed by atoms with van der Waals surface area (Å²) in [5.74, 6) is 0.0581. The molecule has 0 spiro atoms. The molecule has 17 heavy (non-hydrogen) atoms. The van der Waals surface area contributed by atoms with Crippen LogP contribution >= 0.6 is 0 Å². The van der Waals surface area contributed by atoms with Gasteiger partial charge in [0.1, 0.15) is 5.76 Å². The lowest BCUT2D eigenvalue weighted by molar-refractivity contribution is -0.142. The average molecular weight is 237 g/mol. The molecule has 1 saturated heterocycles. The summed E-state index contributed by atoms with van der Waals surface area (Å²) in [7, 11) is 0. The zero-order valence-electron chi connectivity index (χ0n) is 10.3. The van der Waals surface area contributed by atoms with Gasteiger partial charge in [-0.15, -0.1) is 0 Å². The number of carbonyl (C=O) groups is 1. The van der Waals surface area contributed by atoms with Gasteiger partial charge in [-0.05, 0) is 38.9 Å². The maximum absolute atomic E-state index is 11.1. The molecule has 4 nitrogen and oxygen atoms in total. The number of carboxylic acid groups (broad SMARTS) is 1. The lowest BCUT2D eigenvalue weighted by atomic mass is 10.0. The van der Waals surface area contributed by atoms with E-state index < -0.39 is 5.97 Å². The fraction of sp³-hybridized carbons (Fsp3) is 0.615. The van der Waals surface area contributed by atoms with Crippen molar-refractivity contribution in [1.29, 1.82) is 0 Å². The third kappa shape index (κ3) is 2.52. The minimum atomic E-state index is -0.676. The van der Waals surface area contributed by atoms with E-state index in [4.69, 9.17) is 9.52 Å². The summed E-state index contributed by atoms with van der Waals surface area (Å²) >= 11 is 0. The van der Waals surface area contributed by atoms with E-state index in [0.717, 1.165) is 25.1 Å². The molecule has 0 aromatic carbocycles. The zero-order valence-corrected chi connectivity index (χ0v) is 10.3. The lowest BCUT2D eigenvalue weighted by Gasteiger charge is -2.29. The van der Waals surface area contributed by atoms with Crippen molar-refractivity contribution in [2.45, 2.75) is 38.8 Å². The maximum atomic E-state index is 11.1. The van der Waals surface area contributed by atoms with Crippen molar-refractivity contribution in [2.75, 3.05) is 6.54 Å². The molecule has 0 aliphatic carbocycles. The normalized spacial score (nSPS) is 27.2. The van der Waals surface area contributed by atoms with E-state index >= 15 is 0 Å². The van der Waals surface area contributed by atoms with Crippen LogP contribution in [0.5, 0.6) is 0 Å². The Bertz CT molecular complexity index is 374. The molecular formula is C13H19NO3. The molecule has 2 rings (SSSR count). The molecule has 0 radical (unpaired) electrons. The number of rotatable bonds is 4. The Balaban J connectivity index is 1.97. The highest BCUT2D eigenvalue weighted by atomic mass is 16.4. The number of likely N-dealkylation sites (tertiary alicyclic amines) is 1. The SMILES string of the molecule is CC(Cc1ccco1)N1CCC(C(=O)O)C1C. The Labute approximate surface area is 101 Å². The van der Waals surface area contributed by atoms with Crippen LogP contribution < -0.4 is 0 Å². The molecule has 1 fully saturated rings. The van der Waals surface area contributed by atoms with Gasteiger partial charge in [0.25, 0.3) is 0 Å². The number of hydrogen-bond acceptors (Lipinski definition) is 3. The van der Waals surface area contributed by atoms with Crippen LogP contribution in [0, 0.1) is 5.92 Å². The van der Waals surface area contributed by atoms with Crippen LogP contribution in [0.3, 0.4) is 0 Å². The van der Waals surface area contributed by atoms with Crippen molar-refractivity contribution in [3.05, 3.63) is 24.2 Å². The highest BCUT2D eigenvalue weighted by Crippen LogP contribution is 2.27. The molecule has 1 aromatic heterocycles. The zero-order chi connectivity index (χ0) is 12.4. The number of carboxylic acids is 1. The summed E-state index contributed by atoms with van der Waals surface area (Å²) in [6.45, 7) is 4.99. The molecule has 94 valence electrons. The summed E-state index contributed by atoms with van der Waals surface area (Å²) in [5.41, 5.74) is 0. The van der Waals surface area contributed by atoms with Crippen LogP contribution in [-0.4, -0.2) is 34.6 Å². The number of hydrogen-bond donors (Lipinski definition) is 1. The predicted molar refractivity (Wildman–Crippen MR) is 63.8 cm³/mol. The minimum Gasteiger partial charge on any atom is -0.481 e. The van der Waals surface area contributed by atoms with Crippen LogP contribution in [0.25, 0.3) is 0 Å². The second-order valence-corrected chi connectivity index (χ2v) is 4.84. The first-order valence-electron chi connectivity index (χ1n) is 6.10. The molecule has 1 aliphatic rings. The summed E-state index contributed by atoms with van der Waals surface area (Å²) < 4.78 is 5.33. The van der Waals surface area contributed by atoms with E-state index in [-0.39, 0.29) is 12.0 Å². The van der Waals surface area contributed by atoms with Crippen LogP contribution in [0.1, 0.15) is 26.0 Å². The fourth-order valence-corrected chi connectivity index (χ4v) is 2.75. The monoisotopic (exact) mass is 237 g/mol. The van der Waals surface area contributed by atoms with Gasteiger partial charge in [0.2, 0.25) is 0 Å². The van der Waals surface area contributed by atoms with Crippen molar-refractivity contribution in [3.8, 4) is 0 Å². The topological polar surface area (TPSA) is 53.7 Å². The Morgan fingerprint density at radius 2 is 2.47 bits per heavy atom. The highest BCUT2D eigenvalue weighted by Gasteiger charge is 2.37. The van der Waals surface area contributed by atoms with Crippen LogP contribution in [-0.2, 0) is 11.2 Å². The molecule has 1 N–H and O–H groups in total. The molecule has 3 atom stereocenters. The van der Waals surface area contributed by atoms with Crippen LogP contribution in [0.2, 0.25) is 0 Å². The van der Waals surface area contributed by atoms with Gasteiger partial charge in [-0.3, -0.25) is 9.69 Å². The van der Waals surface area contributed by atoms with E-state index in [1.54, 1.807) is 6.26 Å². The van der Waals surface area contributed by atoms with E-state index in [1.165, 1.54) is 0 Å². The van der Waals surface area contributed by atoms with Crippen molar-refractivity contribution in [3.63, 3.8) is 0 Å². The lowest BCUT2D eigenvalue weighted by Crippen LogP contribution is -2.40. The Kier molecular flexibility index (Phi) is 3.52. The fourth-order valence-electron chi connectivity index (χ4n) is 2.75. The molecule has 0 saturated carbocycles. The van der Waals surface area contributed by atoms with Gasteiger partial charge in [-0.1, -0.05) is 0 Å². The first-order valence-corrected chi connectivity index (χ1v) is 6.10. The number of nitrogens with zero attached hydrogens (tertiary/aromatic N) is 1. The summed E-state index contributed by atoms with van der Waals surface area (Å²) in [6.07, 6.45) is 3.26. The van der Waals surface area contributed by atoms with Gasteiger partial charge in [-0.2, -0.15) is 0 Å². The van der Waals surface area contributed by atoms with Gasteiger partial charge in [0, 0.05) is 18.5 Å². The van der Waals surface area contributed by atoms with Crippen molar-refractivity contribution in [2.24, 2.45) is 5.92 Å². The van der Waals surface area contributed by atoms with Crippen molar-refractivity contribution < 1.29 is 14.3 Å². The molecule has 3 unspecified atom stereocenters. The number of furan rings is 1. The van der Waals surface area contributed by atoms with Gasteiger partial charge in [-0.25, -0.2) is 0 Å². The van der Waals surface area contributed by atoms with E-state index in [0.29, 0.717) is 6.04 Å². The summed E-state index contributed by atoms with van der Waals surface area (Å²) in [4.78, 5) is 13.3. The van der Waals surface area contributed by atoms with Crippen molar-refractivity contribution >= 4 is 5.97 Å². The first kappa shape index (κ1) is 12.2. The molecule has 0 amide bonds. The Morgan fingerprint density at radius 3 is 3.00 bits per heavy atom. The Morgan fingerprint density at radius 1 is 1.71 bits per heavy atom. The third-order valence-electron chi connectivity index (χ3n) is 3.76. The smallest absolute Gasteiger partial charge is 0.308 e. The Hall–Kier alpha value is -1.29.